The molecule has 0 bridgehead atoms. The molecule has 2 atom stereocenters. The number of alkyl halides is 3. The average molecular weight is 970 g/mol. The van der Waals surface area contributed by atoms with Gasteiger partial charge in [0, 0.05) is 69.8 Å². The van der Waals surface area contributed by atoms with E-state index >= 15 is 0 Å². The minimum absolute atomic E-state index is 0.00317. The van der Waals surface area contributed by atoms with Gasteiger partial charge in [-0.25, -0.2) is 17.5 Å². The van der Waals surface area contributed by atoms with Crippen LogP contribution in [0.2, 0.25) is 0 Å². The van der Waals surface area contributed by atoms with Gasteiger partial charge in [0.05, 0.1) is 16.7 Å². The summed E-state index contributed by atoms with van der Waals surface area (Å²) in [5.74, 6) is -1.45. The van der Waals surface area contributed by atoms with Gasteiger partial charge >= 0.3 is 6.18 Å². The molecule has 3 heterocycles. The van der Waals surface area contributed by atoms with Crippen LogP contribution in [0.1, 0.15) is 124 Å². The normalized spacial score (nSPS) is 20.3. The van der Waals surface area contributed by atoms with E-state index in [9.17, 15) is 35.9 Å². The Balaban J connectivity index is 0.000000182. The number of halogens is 6. The van der Waals surface area contributed by atoms with Crippen molar-refractivity contribution in [1.29, 1.82) is 0 Å². The molecule has 9 rings (SSSR count). The Labute approximate surface area is 397 Å². The summed E-state index contributed by atoms with van der Waals surface area (Å²) >= 11 is 2.36. The third-order valence-electron chi connectivity index (χ3n) is 12.8. The molecule has 5 aliphatic rings. The summed E-state index contributed by atoms with van der Waals surface area (Å²) in [4.78, 5) is 29.0. The maximum absolute atomic E-state index is 15.0. The molecule has 2 amide bonds. The molecule has 67 heavy (non-hydrogen) atoms. The molecule has 5 fully saturated rings. The summed E-state index contributed by atoms with van der Waals surface area (Å²) in [6, 6.07) is 17.3. The van der Waals surface area contributed by atoms with Gasteiger partial charge < -0.3 is 9.47 Å². The molecule has 0 unspecified atom stereocenters. The van der Waals surface area contributed by atoms with E-state index in [0.29, 0.717) is 49.4 Å². The minimum Gasteiger partial charge on any atom is -0.489 e. The number of rotatable bonds is 15. The second-order valence-electron chi connectivity index (χ2n) is 18.2. The molecule has 2 saturated carbocycles. The summed E-state index contributed by atoms with van der Waals surface area (Å²) < 4.78 is 103. The molecular weight excluding hydrogens is 913 g/mol. The molecule has 0 aromatic heterocycles. The van der Waals surface area contributed by atoms with Gasteiger partial charge in [-0.05, 0) is 136 Å². The lowest BCUT2D eigenvalue weighted by Gasteiger charge is -2.34. The number of hydrogen-bond donors (Lipinski definition) is 2. The molecule has 3 aliphatic heterocycles. The highest BCUT2D eigenvalue weighted by Gasteiger charge is 2.36. The smallest absolute Gasteiger partial charge is 0.416 e. The van der Waals surface area contributed by atoms with Gasteiger partial charge in [-0.2, -0.15) is 13.2 Å². The van der Waals surface area contributed by atoms with Crippen molar-refractivity contribution in [3.63, 3.8) is 0 Å². The number of nitrogens with one attached hydrogen (secondary N) is 2. The summed E-state index contributed by atoms with van der Waals surface area (Å²) in [6.45, 7) is 7.72. The van der Waals surface area contributed by atoms with Crippen LogP contribution in [0.3, 0.4) is 0 Å². The van der Waals surface area contributed by atoms with Crippen molar-refractivity contribution in [2.45, 2.75) is 108 Å². The van der Waals surface area contributed by atoms with E-state index < -0.39 is 35.1 Å². The first-order valence-electron chi connectivity index (χ1n) is 23.1. The highest BCUT2D eigenvalue weighted by molar-refractivity contribution is 7.97. The van der Waals surface area contributed by atoms with Crippen LogP contribution in [0, 0.1) is 24.4 Å². The van der Waals surface area contributed by atoms with Crippen LogP contribution in [-0.4, -0.2) is 83.7 Å². The Morgan fingerprint density at radius 3 is 1.70 bits per heavy atom. The quantitative estimate of drug-likeness (QED) is 0.0894. The highest BCUT2D eigenvalue weighted by Crippen LogP contribution is 2.47. The van der Waals surface area contributed by atoms with Crippen molar-refractivity contribution in [2.24, 2.45) is 0 Å². The lowest BCUT2D eigenvalue weighted by Crippen LogP contribution is -2.41. The third-order valence-corrected chi connectivity index (χ3v) is 14.1. The number of ether oxygens (including phenoxy) is 2. The van der Waals surface area contributed by atoms with E-state index in [2.05, 4.69) is 49.8 Å². The number of carbonyl (C=O) groups excluding carboxylic acids is 2. The molecule has 360 valence electrons. The fraction of sp³-hybridized carbons (Fsp3) is 0.480. The number of amides is 2. The van der Waals surface area contributed by atoms with E-state index in [0.717, 1.165) is 107 Å². The van der Waals surface area contributed by atoms with Crippen LogP contribution in [0.4, 0.5) is 26.3 Å². The zero-order valence-corrected chi connectivity index (χ0v) is 39.4. The monoisotopic (exact) mass is 969 g/mol. The lowest BCUT2D eigenvalue weighted by molar-refractivity contribution is -0.138. The average Bonchev–Trinajstić information content (AvgIpc) is 4.21. The predicted octanol–water partition coefficient (Wildman–Crippen LogP) is 11.0. The van der Waals surface area contributed by atoms with E-state index in [1.165, 1.54) is 41.5 Å². The zero-order chi connectivity index (χ0) is 47.2. The van der Waals surface area contributed by atoms with Gasteiger partial charge in [0.2, 0.25) is 0 Å². The Bertz CT molecular complexity index is 2380. The van der Waals surface area contributed by atoms with Gasteiger partial charge in [-0.1, -0.05) is 47.8 Å². The predicted molar refractivity (Wildman–Crippen MR) is 249 cm³/mol. The Morgan fingerprint density at radius 2 is 1.21 bits per heavy atom. The minimum atomic E-state index is -4.65. The summed E-state index contributed by atoms with van der Waals surface area (Å²) in [7, 11) is 0. The number of likely N-dealkylation sites (tertiary alicyclic amines) is 2. The maximum atomic E-state index is 15.0. The fourth-order valence-electron chi connectivity index (χ4n) is 8.82. The van der Waals surface area contributed by atoms with Gasteiger partial charge in [0.15, 0.2) is 0 Å². The first-order valence-corrected chi connectivity index (χ1v) is 25.1. The molecule has 17 heteroatoms. The Hall–Kier alpha value is -4.42. The second-order valence-corrected chi connectivity index (χ2v) is 19.8. The molecule has 0 spiro atoms. The van der Waals surface area contributed by atoms with Crippen LogP contribution in [-0.2, 0) is 19.3 Å². The molecule has 4 aromatic rings. The van der Waals surface area contributed by atoms with Gasteiger partial charge in [-0.15, -0.1) is 0 Å². The highest BCUT2D eigenvalue weighted by atomic mass is 32.2. The van der Waals surface area contributed by atoms with Crippen LogP contribution in [0.5, 0.6) is 11.5 Å². The van der Waals surface area contributed by atoms with Crippen molar-refractivity contribution >= 4 is 35.9 Å². The topological polar surface area (TPSA) is 86.4 Å². The number of carbonyl (C=O) groups is 2. The van der Waals surface area contributed by atoms with E-state index in [1.807, 2.05) is 4.90 Å². The summed E-state index contributed by atoms with van der Waals surface area (Å²) in [5.41, 5.74) is 3.43. The molecule has 2 N–H and O–H groups in total. The summed E-state index contributed by atoms with van der Waals surface area (Å²) in [5, 5.41) is 0. The largest absolute Gasteiger partial charge is 0.489 e. The number of hydrogen-bond acceptors (Lipinski definition) is 9. The van der Waals surface area contributed by atoms with Crippen molar-refractivity contribution in [3.8, 4) is 11.5 Å². The van der Waals surface area contributed by atoms with Crippen LogP contribution in [0.25, 0.3) is 0 Å². The van der Waals surface area contributed by atoms with Crippen molar-refractivity contribution in [2.75, 3.05) is 45.5 Å². The first-order chi connectivity index (χ1) is 32.2. The summed E-state index contributed by atoms with van der Waals surface area (Å²) in [6.07, 6.45) is 5.22. The molecule has 0 radical (unpaired) electrons. The van der Waals surface area contributed by atoms with Gasteiger partial charge in [0.25, 0.3) is 11.8 Å². The van der Waals surface area contributed by atoms with Crippen LogP contribution in [0.15, 0.2) is 66.7 Å². The van der Waals surface area contributed by atoms with E-state index in [4.69, 9.17) is 9.47 Å². The fourth-order valence-corrected chi connectivity index (χ4v) is 9.88. The van der Waals surface area contributed by atoms with Crippen LogP contribution >= 0.6 is 24.1 Å². The second kappa shape index (κ2) is 21.9. The Morgan fingerprint density at radius 1 is 0.672 bits per heavy atom. The lowest BCUT2D eigenvalue weighted by atomic mass is 10.0. The number of benzene rings is 4. The Kier molecular flexibility index (Phi) is 16.0. The SMILES string of the molecule is CSNC(=O)c1cc(C2CC2)c(O[C@@H]2CCCN(Cc3ccc(F)cc3C(F)(F)F)C2)cc1F.Cc1ccc(CN2CCC[C@@H](Oc3cc(F)c(C(=O)NSN4CCC4)cc3C3CC3)C2)cc1. The molecule has 2 aliphatic carbocycles. The van der Waals surface area contributed by atoms with Crippen molar-refractivity contribution < 1.29 is 45.4 Å². The van der Waals surface area contributed by atoms with Crippen molar-refractivity contribution in [1.82, 2.24) is 23.5 Å². The first kappa shape index (κ1) is 49.0. The van der Waals surface area contributed by atoms with Crippen LogP contribution < -0.4 is 18.9 Å². The zero-order valence-electron chi connectivity index (χ0n) is 37.7. The molecule has 3 saturated heterocycles. The number of aryl methyl sites for hydroxylation is 1. The number of nitrogens with zero attached hydrogens (tertiary/aromatic N) is 3. The maximum Gasteiger partial charge on any atom is 0.416 e. The van der Waals surface area contributed by atoms with E-state index in [-0.39, 0.29) is 47.3 Å². The molecular formula is C50H57F6N5O4S2. The van der Waals surface area contributed by atoms with Crippen molar-refractivity contribution in [3.05, 3.63) is 129 Å². The van der Waals surface area contributed by atoms with Gasteiger partial charge in [-0.3, -0.25) is 28.8 Å². The molecule has 4 aromatic carbocycles. The standard InChI is InChI=1S/C26H32FN3O2S.C24H25F5N2O2S/c1-18-5-7-19(8-6-18)16-29-11-2-4-21(17-29)32-25-15-24(27)23(14-22(25)20-9-10-20)26(31)28-33-30-12-3-13-30;1-34-30-23(32)19-10-18(14-4-5-14)22(11-21(19)26)33-17-3-2-8-31(13-17)12-15-6-7-16(25)9-20(15)24(27,28)29/h5-8,14-15,20-21H,2-4,9-13,16-17H2,1H3,(H,28,31);6-7,9-11,14,17H,2-5,8,12-13H2,1H3,(H,30,32)/t21-;17-/m11/s1. The third kappa shape index (κ3) is 13.2. The number of piperidine rings is 2. The van der Waals surface area contributed by atoms with E-state index in [1.54, 1.807) is 18.4 Å². The molecule has 9 nitrogen and oxygen atoms in total. The van der Waals surface area contributed by atoms with Gasteiger partial charge in [0.1, 0.15) is 41.2 Å².